The van der Waals surface area contributed by atoms with Crippen LogP contribution in [-0.4, -0.2) is 35.5 Å². The third kappa shape index (κ3) is 3.05. The molecule has 20 heavy (non-hydrogen) atoms. The van der Waals surface area contributed by atoms with Crippen LogP contribution in [0.15, 0.2) is 27.3 Å². The third-order valence-corrected chi connectivity index (χ3v) is 2.71. The van der Waals surface area contributed by atoms with E-state index < -0.39 is 0 Å². The molecule has 7 heteroatoms. The molecule has 0 saturated heterocycles. The molecule has 0 fully saturated rings. The third-order valence-electron chi connectivity index (χ3n) is 2.71. The number of nitrogens with zero attached hydrogens (tertiary/aromatic N) is 2. The first-order valence-corrected chi connectivity index (χ1v) is 6.00. The standard InChI is InChI=1S/C13H15N3O4/c1-8-6-11(15-20-8)14-12(17)7-16(3)13(18)10-4-5-19-9(10)2/h4-6H,7H2,1-3H3,(H,14,15,17). The van der Waals surface area contributed by atoms with Crippen LogP contribution in [0.4, 0.5) is 5.82 Å². The molecule has 0 spiro atoms. The first-order chi connectivity index (χ1) is 9.47. The fourth-order valence-electron chi connectivity index (χ4n) is 1.71. The average molecular weight is 277 g/mol. The van der Waals surface area contributed by atoms with Gasteiger partial charge in [-0.15, -0.1) is 0 Å². The Balaban J connectivity index is 1.94. The molecular formula is C13H15N3O4. The second-order valence-electron chi connectivity index (χ2n) is 4.42. The molecule has 7 nitrogen and oxygen atoms in total. The Labute approximate surface area is 115 Å². The van der Waals surface area contributed by atoms with Gasteiger partial charge in [0.2, 0.25) is 5.91 Å². The van der Waals surface area contributed by atoms with Crippen molar-refractivity contribution in [3.8, 4) is 0 Å². The number of carbonyl (C=O) groups is 2. The quantitative estimate of drug-likeness (QED) is 0.916. The molecule has 2 heterocycles. The van der Waals surface area contributed by atoms with Gasteiger partial charge in [-0.1, -0.05) is 5.16 Å². The molecule has 2 aromatic rings. The van der Waals surface area contributed by atoms with E-state index in [4.69, 9.17) is 8.94 Å². The van der Waals surface area contributed by atoms with Gasteiger partial charge >= 0.3 is 0 Å². The maximum Gasteiger partial charge on any atom is 0.257 e. The molecular weight excluding hydrogens is 262 g/mol. The average Bonchev–Trinajstić information content (AvgIpc) is 2.97. The van der Waals surface area contributed by atoms with Gasteiger partial charge in [-0.25, -0.2) is 0 Å². The van der Waals surface area contributed by atoms with Crippen LogP contribution >= 0.6 is 0 Å². The number of aromatic nitrogens is 1. The topological polar surface area (TPSA) is 88.6 Å². The van der Waals surface area contributed by atoms with Gasteiger partial charge in [0.25, 0.3) is 5.91 Å². The van der Waals surface area contributed by atoms with E-state index in [9.17, 15) is 9.59 Å². The van der Waals surface area contributed by atoms with E-state index in [1.165, 1.54) is 11.2 Å². The summed E-state index contributed by atoms with van der Waals surface area (Å²) in [6.07, 6.45) is 1.44. The largest absolute Gasteiger partial charge is 0.469 e. The summed E-state index contributed by atoms with van der Waals surface area (Å²) in [6, 6.07) is 3.17. The van der Waals surface area contributed by atoms with Crippen LogP contribution in [0, 0.1) is 13.8 Å². The van der Waals surface area contributed by atoms with Gasteiger partial charge in [0.15, 0.2) is 5.82 Å². The molecule has 0 unspecified atom stereocenters. The minimum atomic E-state index is -0.352. The van der Waals surface area contributed by atoms with Crippen molar-refractivity contribution in [1.29, 1.82) is 0 Å². The van der Waals surface area contributed by atoms with E-state index in [0.29, 0.717) is 22.9 Å². The second-order valence-corrected chi connectivity index (χ2v) is 4.42. The molecule has 0 bridgehead atoms. The molecule has 2 rings (SSSR count). The molecule has 106 valence electrons. The number of likely N-dealkylation sites (N-methyl/N-ethyl adjacent to an activating group) is 1. The lowest BCUT2D eigenvalue weighted by molar-refractivity contribution is -0.116. The minimum Gasteiger partial charge on any atom is -0.469 e. The van der Waals surface area contributed by atoms with Crippen LogP contribution in [0.2, 0.25) is 0 Å². The monoisotopic (exact) mass is 277 g/mol. The Morgan fingerprint density at radius 3 is 2.70 bits per heavy atom. The SMILES string of the molecule is Cc1cc(NC(=O)CN(C)C(=O)c2ccoc2C)no1. The predicted molar refractivity (Wildman–Crippen MR) is 70.3 cm³/mol. The molecule has 0 aliphatic rings. The summed E-state index contributed by atoms with van der Waals surface area (Å²) in [5.74, 6) is 0.819. The van der Waals surface area contributed by atoms with Crippen LogP contribution in [0.1, 0.15) is 21.9 Å². The lowest BCUT2D eigenvalue weighted by atomic mass is 10.2. The van der Waals surface area contributed by atoms with Gasteiger partial charge in [-0.3, -0.25) is 9.59 Å². The van der Waals surface area contributed by atoms with Gasteiger partial charge in [0.05, 0.1) is 18.4 Å². The Morgan fingerprint density at radius 2 is 2.15 bits per heavy atom. The highest BCUT2D eigenvalue weighted by molar-refractivity contribution is 5.99. The first kappa shape index (κ1) is 13.9. The Morgan fingerprint density at radius 1 is 1.40 bits per heavy atom. The first-order valence-electron chi connectivity index (χ1n) is 6.00. The van der Waals surface area contributed by atoms with E-state index in [2.05, 4.69) is 10.5 Å². The number of aryl methyl sites for hydroxylation is 2. The number of hydrogen-bond acceptors (Lipinski definition) is 5. The van der Waals surface area contributed by atoms with Crippen molar-refractivity contribution in [2.75, 3.05) is 18.9 Å². The normalized spacial score (nSPS) is 10.3. The lowest BCUT2D eigenvalue weighted by Gasteiger charge is -2.15. The number of anilines is 1. The zero-order valence-corrected chi connectivity index (χ0v) is 11.5. The molecule has 1 N–H and O–H groups in total. The Kier molecular flexibility index (Phi) is 3.88. The van der Waals surface area contributed by atoms with Gasteiger partial charge in [-0.2, -0.15) is 0 Å². The maximum absolute atomic E-state index is 12.1. The molecule has 0 aromatic carbocycles. The van der Waals surface area contributed by atoms with E-state index in [1.54, 1.807) is 33.0 Å². The Hall–Kier alpha value is -2.57. The van der Waals surface area contributed by atoms with Crippen LogP contribution in [0.3, 0.4) is 0 Å². The minimum absolute atomic E-state index is 0.0879. The Bertz CT molecular complexity index is 629. The maximum atomic E-state index is 12.1. The summed E-state index contributed by atoms with van der Waals surface area (Å²) >= 11 is 0. The van der Waals surface area contributed by atoms with Crippen molar-refractivity contribution in [3.63, 3.8) is 0 Å². The summed E-state index contributed by atoms with van der Waals surface area (Å²) in [4.78, 5) is 25.2. The van der Waals surface area contributed by atoms with Crippen LogP contribution in [0.25, 0.3) is 0 Å². The zero-order valence-electron chi connectivity index (χ0n) is 11.5. The van der Waals surface area contributed by atoms with Gasteiger partial charge < -0.3 is 19.2 Å². The lowest BCUT2D eigenvalue weighted by Crippen LogP contribution is -2.35. The second kappa shape index (κ2) is 5.60. The van der Waals surface area contributed by atoms with Gasteiger partial charge in [0, 0.05) is 13.1 Å². The van der Waals surface area contributed by atoms with Crippen molar-refractivity contribution in [2.24, 2.45) is 0 Å². The summed E-state index contributed by atoms with van der Waals surface area (Å²) in [7, 11) is 1.54. The molecule has 0 saturated carbocycles. The van der Waals surface area contributed by atoms with E-state index in [0.717, 1.165) is 0 Å². The smallest absolute Gasteiger partial charge is 0.257 e. The highest BCUT2D eigenvalue weighted by atomic mass is 16.5. The highest BCUT2D eigenvalue weighted by Gasteiger charge is 2.18. The molecule has 0 atom stereocenters. The van der Waals surface area contributed by atoms with Crippen LogP contribution < -0.4 is 5.32 Å². The van der Waals surface area contributed by atoms with Crippen LogP contribution in [0.5, 0.6) is 0 Å². The number of hydrogen-bond donors (Lipinski definition) is 1. The van der Waals surface area contributed by atoms with E-state index in [1.807, 2.05) is 0 Å². The summed E-state index contributed by atoms with van der Waals surface area (Å²) in [5, 5.41) is 6.19. The molecule has 2 aromatic heterocycles. The van der Waals surface area contributed by atoms with E-state index >= 15 is 0 Å². The summed E-state index contributed by atoms with van der Waals surface area (Å²) in [6.45, 7) is 3.33. The highest BCUT2D eigenvalue weighted by Crippen LogP contribution is 2.11. The fraction of sp³-hybridized carbons (Fsp3) is 0.308. The number of rotatable bonds is 4. The number of carbonyl (C=O) groups excluding carboxylic acids is 2. The fourth-order valence-corrected chi connectivity index (χ4v) is 1.71. The van der Waals surface area contributed by atoms with Crippen molar-refractivity contribution < 1.29 is 18.5 Å². The zero-order chi connectivity index (χ0) is 14.7. The van der Waals surface area contributed by atoms with Crippen LogP contribution in [-0.2, 0) is 4.79 Å². The molecule has 0 aliphatic carbocycles. The molecule has 2 amide bonds. The number of amides is 2. The van der Waals surface area contributed by atoms with Crippen molar-refractivity contribution in [3.05, 3.63) is 35.5 Å². The predicted octanol–water partition coefficient (Wildman–Crippen LogP) is 1.60. The number of nitrogens with one attached hydrogen (secondary N) is 1. The summed E-state index contributed by atoms with van der Waals surface area (Å²) < 4.78 is 9.90. The van der Waals surface area contributed by atoms with E-state index in [-0.39, 0.29) is 18.4 Å². The van der Waals surface area contributed by atoms with Crippen molar-refractivity contribution >= 4 is 17.6 Å². The van der Waals surface area contributed by atoms with Crippen molar-refractivity contribution in [2.45, 2.75) is 13.8 Å². The van der Waals surface area contributed by atoms with Crippen molar-refractivity contribution in [1.82, 2.24) is 10.1 Å². The number of furan rings is 1. The molecule has 0 aliphatic heterocycles. The summed E-state index contributed by atoms with van der Waals surface area (Å²) in [5.41, 5.74) is 0.442. The van der Waals surface area contributed by atoms with Gasteiger partial charge in [-0.05, 0) is 19.9 Å². The molecule has 0 radical (unpaired) electrons. The van der Waals surface area contributed by atoms with Gasteiger partial charge in [0.1, 0.15) is 11.5 Å².